The minimum Gasteiger partial charge on any atom is -0.481 e. The Labute approximate surface area is 224 Å². The lowest BCUT2D eigenvalue weighted by molar-refractivity contribution is -0.139. The largest absolute Gasteiger partial charge is 0.481 e. The SMILES string of the molecule is CC(C)(C)[Si](C)(C)OC(Cc1ccccc1)c1ccc2oc3ccc(C(=O)C(CC#N)C(=O)O)cc3c2c1. The lowest BCUT2D eigenvalue weighted by Crippen LogP contribution is -2.42. The normalized spacial score (nSPS) is 13.8. The van der Waals surface area contributed by atoms with Crippen molar-refractivity contribution < 1.29 is 23.5 Å². The first-order chi connectivity index (χ1) is 17.9. The molecule has 1 heterocycles. The molecular formula is C31H33NO5Si. The zero-order chi connectivity index (χ0) is 27.7. The van der Waals surface area contributed by atoms with E-state index in [1.54, 1.807) is 24.3 Å². The third-order valence-corrected chi connectivity index (χ3v) is 12.1. The number of nitrogens with zero attached hydrogens (tertiary/aromatic N) is 1. The number of benzene rings is 3. The Morgan fingerprint density at radius 3 is 2.24 bits per heavy atom. The number of rotatable bonds is 9. The Bertz CT molecular complexity index is 1530. The Balaban J connectivity index is 1.79. The molecule has 0 radical (unpaired) electrons. The van der Waals surface area contributed by atoms with E-state index in [-0.39, 0.29) is 23.1 Å². The average Bonchev–Trinajstić information content (AvgIpc) is 3.23. The fourth-order valence-corrected chi connectivity index (χ4v) is 5.61. The van der Waals surface area contributed by atoms with E-state index in [9.17, 15) is 14.7 Å². The molecule has 6 nitrogen and oxygen atoms in total. The highest BCUT2D eigenvalue weighted by Crippen LogP contribution is 2.41. The van der Waals surface area contributed by atoms with Crippen molar-refractivity contribution in [2.24, 2.45) is 5.92 Å². The first kappa shape index (κ1) is 27.3. The fourth-order valence-electron chi connectivity index (χ4n) is 4.32. The molecule has 1 aromatic heterocycles. The molecule has 0 bridgehead atoms. The smallest absolute Gasteiger partial charge is 0.315 e. The Morgan fingerprint density at radius 2 is 1.63 bits per heavy atom. The minimum atomic E-state index is -2.11. The topological polar surface area (TPSA) is 101 Å². The monoisotopic (exact) mass is 527 g/mol. The molecule has 0 fully saturated rings. The van der Waals surface area contributed by atoms with Crippen LogP contribution in [0.25, 0.3) is 21.9 Å². The highest BCUT2D eigenvalue weighted by Gasteiger charge is 2.39. The first-order valence-corrected chi connectivity index (χ1v) is 15.6. The molecule has 2 unspecified atom stereocenters. The number of nitriles is 1. The van der Waals surface area contributed by atoms with Crippen LogP contribution >= 0.6 is 0 Å². The van der Waals surface area contributed by atoms with E-state index in [4.69, 9.17) is 14.1 Å². The number of fused-ring (bicyclic) bond motifs is 3. The number of ketones is 1. The van der Waals surface area contributed by atoms with Crippen LogP contribution in [-0.4, -0.2) is 25.2 Å². The van der Waals surface area contributed by atoms with Crippen molar-refractivity contribution in [3.05, 3.63) is 83.4 Å². The van der Waals surface area contributed by atoms with E-state index in [0.717, 1.165) is 16.3 Å². The number of furan rings is 1. The third kappa shape index (κ3) is 5.57. The van der Waals surface area contributed by atoms with Crippen molar-refractivity contribution in [1.29, 1.82) is 5.26 Å². The molecule has 4 aromatic rings. The van der Waals surface area contributed by atoms with Gasteiger partial charge in [0.1, 0.15) is 17.1 Å². The summed E-state index contributed by atoms with van der Waals surface area (Å²) in [6.45, 7) is 11.2. The van der Waals surface area contributed by atoms with Crippen LogP contribution in [0.5, 0.6) is 0 Å². The number of hydrogen-bond acceptors (Lipinski definition) is 5. The summed E-state index contributed by atoms with van der Waals surface area (Å²) < 4.78 is 13.0. The van der Waals surface area contributed by atoms with E-state index in [1.807, 2.05) is 30.3 Å². The molecule has 196 valence electrons. The third-order valence-electron chi connectivity index (χ3n) is 7.57. The predicted octanol–water partition coefficient (Wildman–Crippen LogP) is 7.69. The molecule has 0 aliphatic carbocycles. The Hall–Kier alpha value is -3.73. The number of carboxylic acid groups (broad SMARTS) is 1. The van der Waals surface area contributed by atoms with Crippen LogP contribution in [0.2, 0.25) is 18.1 Å². The standard InChI is InChI=1S/C31H33NO5Si/c1-31(2,3)38(4,5)37-28(17-20-9-7-6-8-10-20)21-11-13-26-24(18-21)25-19-22(12-14-27(25)36-26)29(33)23(15-16-32)30(34)35/h6-14,18-19,23,28H,15,17H2,1-5H3,(H,34,35). The summed E-state index contributed by atoms with van der Waals surface area (Å²) in [6, 6.07) is 23.0. The van der Waals surface area contributed by atoms with Crippen molar-refractivity contribution in [3.8, 4) is 6.07 Å². The molecular weight excluding hydrogens is 494 g/mol. The number of Topliss-reactive ketones (excluding diaryl/α,β-unsaturated/α-hetero) is 1. The molecule has 2 atom stereocenters. The molecule has 0 saturated carbocycles. The van der Waals surface area contributed by atoms with Gasteiger partial charge in [-0.3, -0.25) is 9.59 Å². The highest BCUT2D eigenvalue weighted by molar-refractivity contribution is 6.74. The molecule has 7 heteroatoms. The molecule has 4 rings (SSSR count). The van der Waals surface area contributed by atoms with Gasteiger partial charge in [0, 0.05) is 22.8 Å². The number of carbonyl (C=O) groups excluding carboxylic acids is 1. The lowest BCUT2D eigenvalue weighted by Gasteiger charge is -2.39. The molecule has 0 saturated heterocycles. The van der Waals surface area contributed by atoms with Crippen LogP contribution in [0.15, 0.2) is 71.1 Å². The van der Waals surface area contributed by atoms with Gasteiger partial charge >= 0.3 is 5.97 Å². The molecule has 38 heavy (non-hydrogen) atoms. The van der Waals surface area contributed by atoms with Gasteiger partial charge in [-0.1, -0.05) is 57.2 Å². The van der Waals surface area contributed by atoms with Crippen molar-refractivity contribution >= 4 is 42.0 Å². The van der Waals surface area contributed by atoms with E-state index < -0.39 is 26.0 Å². The zero-order valence-corrected chi connectivity index (χ0v) is 23.4. The predicted molar refractivity (Wildman–Crippen MR) is 151 cm³/mol. The summed E-state index contributed by atoms with van der Waals surface area (Å²) >= 11 is 0. The van der Waals surface area contributed by atoms with Gasteiger partial charge in [0.2, 0.25) is 0 Å². The molecule has 0 aliphatic rings. The molecule has 1 N–H and O–H groups in total. The maximum Gasteiger partial charge on any atom is 0.315 e. The van der Waals surface area contributed by atoms with Gasteiger partial charge in [0.05, 0.1) is 18.6 Å². The summed E-state index contributed by atoms with van der Waals surface area (Å²) in [6.07, 6.45) is 0.158. The van der Waals surface area contributed by atoms with Gasteiger partial charge in [-0.2, -0.15) is 5.26 Å². The summed E-state index contributed by atoms with van der Waals surface area (Å²) in [5.41, 5.74) is 3.71. The minimum absolute atomic E-state index is 0.0355. The first-order valence-electron chi connectivity index (χ1n) is 12.7. The molecule has 0 amide bonds. The van der Waals surface area contributed by atoms with Gasteiger partial charge in [0.25, 0.3) is 0 Å². The second-order valence-corrected chi connectivity index (χ2v) is 16.0. The molecule has 0 spiro atoms. The molecule has 3 aromatic carbocycles. The lowest BCUT2D eigenvalue weighted by atomic mass is 9.94. The Kier molecular flexibility index (Phi) is 7.59. The number of carbonyl (C=O) groups is 2. The van der Waals surface area contributed by atoms with Crippen LogP contribution in [0.1, 0.15) is 54.8 Å². The van der Waals surface area contributed by atoms with Crippen molar-refractivity contribution in [3.63, 3.8) is 0 Å². The summed E-state index contributed by atoms with van der Waals surface area (Å²) in [5.74, 6) is -3.29. The van der Waals surface area contributed by atoms with Crippen LogP contribution in [-0.2, 0) is 15.6 Å². The Morgan fingerprint density at radius 1 is 1.00 bits per heavy atom. The number of aliphatic carboxylic acids is 1. The van der Waals surface area contributed by atoms with Crippen LogP contribution < -0.4 is 0 Å². The van der Waals surface area contributed by atoms with Gasteiger partial charge in [0.15, 0.2) is 14.1 Å². The maximum atomic E-state index is 12.9. The van der Waals surface area contributed by atoms with Crippen molar-refractivity contribution in [2.45, 2.75) is 57.8 Å². The van der Waals surface area contributed by atoms with E-state index in [1.165, 1.54) is 5.56 Å². The summed E-state index contributed by atoms with van der Waals surface area (Å²) in [4.78, 5) is 24.5. The van der Waals surface area contributed by atoms with E-state index in [2.05, 4.69) is 52.1 Å². The second kappa shape index (κ2) is 10.6. The quantitative estimate of drug-likeness (QED) is 0.136. The number of carboxylic acids is 1. The van der Waals surface area contributed by atoms with Crippen LogP contribution in [0, 0.1) is 17.2 Å². The zero-order valence-electron chi connectivity index (χ0n) is 22.4. The highest BCUT2D eigenvalue weighted by atomic mass is 28.4. The van der Waals surface area contributed by atoms with Gasteiger partial charge in [-0.05, 0) is 59.6 Å². The second-order valence-electron chi connectivity index (χ2n) is 11.2. The van der Waals surface area contributed by atoms with E-state index >= 15 is 0 Å². The fraction of sp³-hybridized carbons (Fsp3) is 0.323. The van der Waals surface area contributed by atoms with Crippen molar-refractivity contribution in [1.82, 2.24) is 0 Å². The van der Waals surface area contributed by atoms with Crippen LogP contribution in [0.4, 0.5) is 0 Å². The summed E-state index contributed by atoms with van der Waals surface area (Å²) in [7, 11) is -2.11. The van der Waals surface area contributed by atoms with Crippen molar-refractivity contribution in [2.75, 3.05) is 0 Å². The molecule has 0 aliphatic heterocycles. The summed E-state index contributed by atoms with van der Waals surface area (Å²) in [5, 5.41) is 20.0. The maximum absolute atomic E-state index is 12.9. The van der Waals surface area contributed by atoms with Crippen LogP contribution in [0.3, 0.4) is 0 Å². The van der Waals surface area contributed by atoms with E-state index in [0.29, 0.717) is 17.6 Å². The van der Waals surface area contributed by atoms with Gasteiger partial charge in [-0.15, -0.1) is 0 Å². The average molecular weight is 528 g/mol. The number of hydrogen-bond donors (Lipinski definition) is 1. The van der Waals surface area contributed by atoms with Gasteiger partial charge in [-0.25, -0.2) is 0 Å². The van der Waals surface area contributed by atoms with Gasteiger partial charge < -0.3 is 13.9 Å².